The van der Waals surface area contributed by atoms with E-state index in [9.17, 15) is 0 Å². The lowest BCUT2D eigenvalue weighted by molar-refractivity contribution is 0.544. The van der Waals surface area contributed by atoms with Crippen molar-refractivity contribution < 1.29 is 0 Å². The summed E-state index contributed by atoms with van der Waals surface area (Å²) in [6.07, 6.45) is 3.85. The van der Waals surface area contributed by atoms with E-state index in [0.29, 0.717) is 0 Å². The van der Waals surface area contributed by atoms with E-state index in [2.05, 4.69) is 34.9 Å². The molecule has 65 valence electrons. The van der Waals surface area contributed by atoms with Gasteiger partial charge in [-0.05, 0) is 25.3 Å². The molecule has 0 bridgehead atoms. The molecule has 0 amide bonds. The van der Waals surface area contributed by atoms with E-state index in [0.717, 1.165) is 0 Å². The van der Waals surface area contributed by atoms with E-state index < -0.39 is 0 Å². The van der Waals surface area contributed by atoms with Gasteiger partial charge in [-0.15, -0.1) is 0 Å². The molecule has 0 fully saturated rings. The molecule has 1 aliphatic rings. The first-order valence-corrected chi connectivity index (χ1v) is 4.94. The lowest BCUT2D eigenvalue weighted by Gasteiger charge is -2.15. The summed E-state index contributed by atoms with van der Waals surface area (Å²) < 4.78 is 2.42. The monoisotopic (exact) mass is 170 g/mol. The number of benzene rings is 1. The van der Waals surface area contributed by atoms with Crippen LogP contribution in [-0.4, -0.2) is 4.57 Å². The van der Waals surface area contributed by atoms with E-state index in [1.807, 2.05) is 0 Å². The van der Waals surface area contributed by atoms with Crippen molar-refractivity contribution in [2.24, 2.45) is 0 Å². The van der Waals surface area contributed by atoms with Crippen LogP contribution in [-0.2, 0) is 13.0 Å². The SMILES string of the molecule is [c]1c2n(c3ccccc13)CCCC2. The Labute approximate surface area is 78.0 Å². The van der Waals surface area contributed by atoms with Gasteiger partial charge in [0, 0.05) is 29.2 Å². The van der Waals surface area contributed by atoms with Crippen molar-refractivity contribution in [1.29, 1.82) is 0 Å². The standard InChI is InChI=1S/C12H12N/c1-2-7-12-10(5-1)9-11-6-3-4-8-13(11)12/h1-2,5,7H,3-4,6,8H2. The van der Waals surface area contributed by atoms with Gasteiger partial charge >= 0.3 is 0 Å². The summed E-state index contributed by atoms with van der Waals surface area (Å²) in [4.78, 5) is 0. The van der Waals surface area contributed by atoms with Crippen molar-refractivity contribution in [1.82, 2.24) is 4.57 Å². The highest BCUT2D eigenvalue weighted by molar-refractivity contribution is 5.80. The molecule has 0 N–H and O–H groups in total. The molecule has 3 rings (SSSR count). The second-order valence-corrected chi connectivity index (χ2v) is 3.70. The number of rotatable bonds is 0. The second-order valence-electron chi connectivity index (χ2n) is 3.70. The predicted molar refractivity (Wildman–Crippen MR) is 53.7 cm³/mol. The molecule has 13 heavy (non-hydrogen) atoms. The molecule has 1 aliphatic heterocycles. The Balaban J connectivity index is 2.34. The quantitative estimate of drug-likeness (QED) is 0.573. The Morgan fingerprint density at radius 2 is 2.08 bits per heavy atom. The van der Waals surface area contributed by atoms with E-state index in [1.54, 1.807) is 0 Å². The zero-order valence-corrected chi connectivity index (χ0v) is 7.59. The molecule has 1 aromatic carbocycles. The van der Waals surface area contributed by atoms with Gasteiger partial charge in [-0.1, -0.05) is 18.2 Å². The van der Waals surface area contributed by atoms with E-state index in [4.69, 9.17) is 0 Å². The summed E-state index contributed by atoms with van der Waals surface area (Å²) >= 11 is 0. The fourth-order valence-corrected chi connectivity index (χ4v) is 2.20. The van der Waals surface area contributed by atoms with Crippen LogP contribution < -0.4 is 0 Å². The lowest BCUT2D eigenvalue weighted by Crippen LogP contribution is -2.08. The van der Waals surface area contributed by atoms with E-state index in [-0.39, 0.29) is 0 Å². The first kappa shape index (κ1) is 7.19. The van der Waals surface area contributed by atoms with Gasteiger partial charge in [-0.2, -0.15) is 0 Å². The first-order chi connectivity index (χ1) is 6.45. The number of para-hydroxylation sites is 1. The Bertz CT molecular complexity index is 439. The smallest absolute Gasteiger partial charge is 0.0489 e. The minimum Gasteiger partial charge on any atom is -0.344 e. The third-order valence-corrected chi connectivity index (χ3v) is 2.84. The molecule has 1 heteroatoms. The maximum atomic E-state index is 3.48. The molecule has 1 nitrogen and oxygen atoms in total. The molecular formula is C12H12N. The molecule has 0 atom stereocenters. The molecule has 0 saturated carbocycles. The van der Waals surface area contributed by atoms with Gasteiger partial charge in [0.2, 0.25) is 0 Å². The Hall–Kier alpha value is -1.24. The van der Waals surface area contributed by atoms with Crippen molar-refractivity contribution in [2.75, 3.05) is 0 Å². The zero-order valence-electron chi connectivity index (χ0n) is 7.59. The highest BCUT2D eigenvalue weighted by Gasteiger charge is 2.11. The van der Waals surface area contributed by atoms with Crippen LogP contribution in [0.4, 0.5) is 0 Å². The molecule has 1 radical (unpaired) electrons. The highest BCUT2D eigenvalue weighted by Crippen LogP contribution is 2.24. The molecule has 0 unspecified atom stereocenters. The predicted octanol–water partition coefficient (Wildman–Crippen LogP) is 2.78. The number of hydrogen-bond donors (Lipinski definition) is 0. The van der Waals surface area contributed by atoms with Crippen molar-refractivity contribution in [3.63, 3.8) is 0 Å². The number of hydrogen-bond acceptors (Lipinski definition) is 0. The lowest BCUT2D eigenvalue weighted by atomic mass is 10.1. The van der Waals surface area contributed by atoms with Crippen LogP contribution in [0.1, 0.15) is 18.5 Å². The van der Waals surface area contributed by atoms with Gasteiger partial charge in [-0.3, -0.25) is 0 Å². The maximum Gasteiger partial charge on any atom is 0.0489 e. The molecule has 0 aliphatic carbocycles. The van der Waals surface area contributed by atoms with Crippen LogP contribution in [0.25, 0.3) is 10.9 Å². The Kier molecular flexibility index (Phi) is 1.45. The fraction of sp³-hybridized carbons (Fsp3) is 0.333. The van der Waals surface area contributed by atoms with Gasteiger partial charge in [0.25, 0.3) is 0 Å². The Morgan fingerprint density at radius 3 is 3.08 bits per heavy atom. The second kappa shape index (κ2) is 2.63. The van der Waals surface area contributed by atoms with Gasteiger partial charge in [0.05, 0.1) is 0 Å². The van der Waals surface area contributed by atoms with Crippen molar-refractivity contribution in [3.05, 3.63) is 36.0 Å². The summed E-state index contributed by atoms with van der Waals surface area (Å²) in [6.45, 7) is 1.18. The van der Waals surface area contributed by atoms with Crippen LogP contribution in [0, 0.1) is 6.07 Å². The summed E-state index contributed by atoms with van der Waals surface area (Å²) in [5.41, 5.74) is 2.75. The summed E-state index contributed by atoms with van der Waals surface area (Å²) in [6, 6.07) is 12.0. The average Bonchev–Trinajstić information content (AvgIpc) is 2.56. The van der Waals surface area contributed by atoms with Crippen molar-refractivity contribution >= 4 is 10.9 Å². The van der Waals surface area contributed by atoms with Crippen LogP contribution >= 0.6 is 0 Å². The minimum atomic E-state index is 1.18. The summed E-state index contributed by atoms with van der Waals surface area (Å²) in [5.74, 6) is 0. The fourth-order valence-electron chi connectivity index (χ4n) is 2.20. The minimum absolute atomic E-state index is 1.18. The third kappa shape index (κ3) is 0.998. The van der Waals surface area contributed by atoms with E-state index in [1.165, 1.54) is 42.4 Å². The number of fused-ring (bicyclic) bond motifs is 3. The molecule has 2 heterocycles. The van der Waals surface area contributed by atoms with Crippen molar-refractivity contribution in [3.8, 4) is 0 Å². The van der Waals surface area contributed by atoms with Crippen molar-refractivity contribution in [2.45, 2.75) is 25.8 Å². The first-order valence-electron chi connectivity index (χ1n) is 4.94. The third-order valence-electron chi connectivity index (χ3n) is 2.84. The van der Waals surface area contributed by atoms with Gasteiger partial charge in [0.1, 0.15) is 0 Å². The normalized spacial score (nSPS) is 16.0. The van der Waals surface area contributed by atoms with Crippen LogP contribution in [0.3, 0.4) is 0 Å². The van der Waals surface area contributed by atoms with Gasteiger partial charge < -0.3 is 4.57 Å². The molecular weight excluding hydrogens is 158 g/mol. The van der Waals surface area contributed by atoms with Gasteiger partial charge in [0.15, 0.2) is 0 Å². The van der Waals surface area contributed by atoms with E-state index >= 15 is 0 Å². The summed E-state index contributed by atoms with van der Waals surface area (Å²) in [7, 11) is 0. The largest absolute Gasteiger partial charge is 0.344 e. The van der Waals surface area contributed by atoms with Crippen LogP contribution in [0.2, 0.25) is 0 Å². The molecule has 0 saturated heterocycles. The summed E-state index contributed by atoms with van der Waals surface area (Å²) in [5, 5.41) is 1.28. The average molecular weight is 170 g/mol. The number of aromatic nitrogens is 1. The number of aryl methyl sites for hydroxylation is 2. The van der Waals surface area contributed by atoms with Crippen LogP contribution in [0.5, 0.6) is 0 Å². The molecule has 0 spiro atoms. The molecule has 2 aromatic rings. The topological polar surface area (TPSA) is 4.93 Å². The molecule has 1 aromatic heterocycles. The van der Waals surface area contributed by atoms with Crippen LogP contribution in [0.15, 0.2) is 24.3 Å². The van der Waals surface area contributed by atoms with Gasteiger partial charge in [-0.25, -0.2) is 0 Å². The highest BCUT2D eigenvalue weighted by atomic mass is 15.0. The zero-order chi connectivity index (χ0) is 8.67. The maximum absolute atomic E-state index is 3.48. The Morgan fingerprint density at radius 1 is 1.15 bits per heavy atom. The number of nitrogens with zero attached hydrogens (tertiary/aromatic N) is 1.